The summed E-state index contributed by atoms with van der Waals surface area (Å²) in [6.45, 7) is 0.806. The molecule has 1 aromatic carbocycles. The Balaban J connectivity index is 2.17. The second-order valence-electron chi connectivity index (χ2n) is 3.85. The zero-order chi connectivity index (χ0) is 14.1. The van der Waals surface area contributed by atoms with E-state index in [9.17, 15) is 9.59 Å². The predicted molar refractivity (Wildman–Crippen MR) is 75.9 cm³/mol. The van der Waals surface area contributed by atoms with Crippen LogP contribution in [0.5, 0.6) is 0 Å². The van der Waals surface area contributed by atoms with Gasteiger partial charge in [0.05, 0.1) is 13.5 Å². The fourth-order valence-electron chi connectivity index (χ4n) is 1.45. The zero-order valence-electron chi connectivity index (χ0n) is 10.7. The van der Waals surface area contributed by atoms with Crippen LogP contribution in [0.25, 0.3) is 0 Å². The largest absolute Gasteiger partial charge is 0.469 e. The summed E-state index contributed by atoms with van der Waals surface area (Å²) in [5.74, 6) is -0.339. The minimum absolute atomic E-state index is 0.175. The van der Waals surface area contributed by atoms with Crippen molar-refractivity contribution >= 4 is 27.9 Å². The number of hydrogen-bond donors (Lipinski definition) is 2. The number of ether oxygens (including phenoxy) is 1. The van der Waals surface area contributed by atoms with Gasteiger partial charge in [-0.25, -0.2) is 4.79 Å². The molecule has 0 saturated carbocycles. The van der Waals surface area contributed by atoms with E-state index in [-0.39, 0.29) is 25.0 Å². The summed E-state index contributed by atoms with van der Waals surface area (Å²) in [6, 6.07) is 7.58. The summed E-state index contributed by atoms with van der Waals surface area (Å²) in [5.41, 5.74) is 1.14. The maximum absolute atomic E-state index is 11.4. The summed E-state index contributed by atoms with van der Waals surface area (Å²) in [4.78, 5) is 22.2. The Bertz CT molecular complexity index is 438. The van der Waals surface area contributed by atoms with Crippen LogP contribution >= 0.6 is 15.9 Å². The van der Waals surface area contributed by atoms with E-state index in [0.717, 1.165) is 16.5 Å². The highest BCUT2D eigenvalue weighted by atomic mass is 79.9. The molecule has 0 fully saturated rings. The first-order valence-corrected chi connectivity index (χ1v) is 6.74. The number of amides is 2. The van der Waals surface area contributed by atoms with Crippen LogP contribution < -0.4 is 10.6 Å². The summed E-state index contributed by atoms with van der Waals surface area (Å²) in [7, 11) is 1.32. The smallest absolute Gasteiger partial charge is 0.314 e. The maximum atomic E-state index is 11.4. The van der Waals surface area contributed by atoms with E-state index in [2.05, 4.69) is 31.3 Å². The Hall–Kier alpha value is -1.56. The van der Waals surface area contributed by atoms with Gasteiger partial charge in [-0.05, 0) is 18.1 Å². The summed E-state index contributed by atoms with van der Waals surface area (Å²) < 4.78 is 5.50. The third kappa shape index (κ3) is 6.24. The van der Waals surface area contributed by atoms with Gasteiger partial charge in [-0.3, -0.25) is 4.79 Å². The number of carbonyl (C=O) groups excluding carboxylic acids is 2. The number of benzene rings is 1. The van der Waals surface area contributed by atoms with Crippen LogP contribution in [0.3, 0.4) is 0 Å². The average Bonchev–Trinajstić information content (AvgIpc) is 2.40. The highest BCUT2D eigenvalue weighted by Crippen LogP contribution is 2.15. The van der Waals surface area contributed by atoms with E-state index in [0.29, 0.717) is 6.54 Å². The number of rotatable bonds is 6. The molecule has 0 aromatic heterocycles. The van der Waals surface area contributed by atoms with Crippen molar-refractivity contribution in [1.82, 2.24) is 10.6 Å². The van der Waals surface area contributed by atoms with E-state index in [1.807, 2.05) is 24.3 Å². The van der Waals surface area contributed by atoms with Crippen molar-refractivity contribution in [3.05, 3.63) is 34.3 Å². The number of methoxy groups -OCH3 is 1. The molecule has 0 aliphatic carbocycles. The molecule has 2 amide bonds. The molecular formula is C13H17BrN2O3. The van der Waals surface area contributed by atoms with Gasteiger partial charge < -0.3 is 15.4 Å². The molecular weight excluding hydrogens is 312 g/mol. The van der Waals surface area contributed by atoms with Crippen LogP contribution in [0.15, 0.2) is 28.7 Å². The lowest BCUT2D eigenvalue weighted by atomic mass is 10.1. The fourth-order valence-corrected chi connectivity index (χ4v) is 1.94. The van der Waals surface area contributed by atoms with Crippen LogP contribution in [0, 0.1) is 0 Å². The van der Waals surface area contributed by atoms with Crippen LogP contribution in [0.4, 0.5) is 4.79 Å². The van der Waals surface area contributed by atoms with Gasteiger partial charge in [-0.15, -0.1) is 0 Å². The molecule has 0 aliphatic heterocycles. The lowest BCUT2D eigenvalue weighted by molar-refractivity contribution is -0.140. The quantitative estimate of drug-likeness (QED) is 0.783. The number of urea groups is 1. The highest BCUT2D eigenvalue weighted by Gasteiger charge is 2.03. The molecule has 0 spiro atoms. The topological polar surface area (TPSA) is 67.4 Å². The van der Waals surface area contributed by atoms with Gasteiger partial charge in [0, 0.05) is 17.6 Å². The lowest BCUT2D eigenvalue weighted by Crippen LogP contribution is -2.37. The van der Waals surface area contributed by atoms with Crippen LogP contribution in [-0.2, 0) is 16.0 Å². The zero-order valence-corrected chi connectivity index (χ0v) is 12.3. The van der Waals surface area contributed by atoms with Gasteiger partial charge in [-0.1, -0.05) is 34.1 Å². The molecule has 6 heteroatoms. The Kier molecular flexibility index (Phi) is 6.95. The fraction of sp³-hybridized carbons (Fsp3) is 0.385. The van der Waals surface area contributed by atoms with E-state index in [4.69, 9.17) is 0 Å². The van der Waals surface area contributed by atoms with Crippen molar-refractivity contribution in [3.63, 3.8) is 0 Å². The van der Waals surface area contributed by atoms with Crippen molar-refractivity contribution in [1.29, 1.82) is 0 Å². The third-order valence-corrected chi connectivity index (χ3v) is 3.25. The lowest BCUT2D eigenvalue weighted by Gasteiger charge is -2.08. The minimum Gasteiger partial charge on any atom is -0.469 e. The van der Waals surface area contributed by atoms with Gasteiger partial charge in [0.2, 0.25) is 0 Å². The SMILES string of the molecule is COC(=O)CCNC(=O)NCCc1ccccc1Br. The standard InChI is InChI=1S/C13H17BrN2O3/c1-19-12(17)7-9-16-13(18)15-8-6-10-4-2-3-5-11(10)14/h2-5H,6-9H2,1H3,(H2,15,16,18). The summed E-state index contributed by atoms with van der Waals surface area (Å²) in [6.07, 6.45) is 0.917. The molecule has 1 aromatic rings. The molecule has 0 unspecified atom stereocenters. The Morgan fingerprint density at radius 1 is 1.21 bits per heavy atom. The molecule has 0 atom stereocenters. The Morgan fingerprint density at radius 3 is 2.58 bits per heavy atom. The van der Waals surface area contributed by atoms with E-state index in [1.165, 1.54) is 7.11 Å². The van der Waals surface area contributed by atoms with Gasteiger partial charge in [0.1, 0.15) is 0 Å². The average molecular weight is 329 g/mol. The number of carbonyl (C=O) groups is 2. The molecule has 5 nitrogen and oxygen atoms in total. The molecule has 0 radical (unpaired) electrons. The molecule has 0 aliphatic rings. The first-order chi connectivity index (χ1) is 9.13. The van der Waals surface area contributed by atoms with Crippen molar-refractivity contribution < 1.29 is 14.3 Å². The number of esters is 1. The molecule has 0 heterocycles. The summed E-state index contributed by atoms with van der Waals surface area (Å²) in [5, 5.41) is 5.31. The second-order valence-corrected chi connectivity index (χ2v) is 4.70. The second kappa shape index (κ2) is 8.53. The number of nitrogens with one attached hydrogen (secondary N) is 2. The first-order valence-electron chi connectivity index (χ1n) is 5.95. The van der Waals surface area contributed by atoms with Gasteiger partial charge in [0.15, 0.2) is 0 Å². The van der Waals surface area contributed by atoms with Gasteiger partial charge in [0.25, 0.3) is 0 Å². The predicted octanol–water partition coefficient (Wildman–Crippen LogP) is 1.85. The summed E-state index contributed by atoms with van der Waals surface area (Å²) >= 11 is 3.45. The Labute approximate surface area is 120 Å². The van der Waals surface area contributed by atoms with Gasteiger partial charge >= 0.3 is 12.0 Å². The molecule has 19 heavy (non-hydrogen) atoms. The number of halogens is 1. The Morgan fingerprint density at radius 2 is 1.89 bits per heavy atom. The molecule has 0 saturated heterocycles. The minimum atomic E-state index is -0.339. The van der Waals surface area contributed by atoms with Crippen molar-refractivity contribution in [2.45, 2.75) is 12.8 Å². The van der Waals surface area contributed by atoms with Gasteiger partial charge in [-0.2, -0.15) is 0 Å². The monoisotopic (exact) mass is 328 g/mol. The van der Waals surface area contributed by atoms with E-state index >= 15 is 0 Å². The maximum Gasteiger partial charge on any atom is 0.314 e. The molecule has 2 N–H and O–H groups in total. The van der Waals surface area contributed by atoms with Crippen molar-refractivity contribution in [3.8, 4) is 0 Å². The molecule has 0 bridgehead atoms. The van der Waals surface area contributed by atoms with Crippen LogP contribution in [0.2, 0.25) is 0 Å². The van der Waals surface area contributed by atoms with Crippen molar-refractivity contribution in [2.24, 2.45) is 0 Å². The molecule has 104 valence electrons. The van der Waals surface area contributed by atoms with Crippen LogP contribution in [-0.4, -0.2) is 32.2 Å². The first kappa shape index (κ1) is 15.5. The third-order valence-electron chi connectivity index (χ3n) is 2.48. The van der Waals surface area contributed by atoms with Crippen LogP contribution in [0.1, 0.15) is 12.0 Å². The van der Waals surface area contributed by atoms with Crippen molar-refractivity contribution in [2.75, 3.05) is 20.2 Å². The number of hydrogen-bond acceptors (Lipinski definition) is 3. The molecule has 1 rings (SSSR count). The van der Waals surface area contributed by atoms with E-state index in [1.54, 1.807) is 0 Å². The highest BCUT2D eigenvalue weighted by molar-refractivity contribution is 9.10. The van der Waals surface area contributed by atoms with E-state index < -0.39 is 0 Å². The normalized spacial score (nSPS) is 9.79.